The normalized spacial score (nSPS) is 19.6. The molecular formula is C12H14FN3O. The predicted molar refractivity (Wildman–Crippen MR) is 62.1 cm³/mol. The van der Waals surface area contributed by atoms with Crippen LogP contribution in [0.4, 0.5) is 4.39 Å². The number of aromatic amines is 1. The molecular weight excluding hydrogens is 221 g/mol. The average molecular weight is 235 g/mol. The Morgan fingerprint density at radius 3 is 2.88 bits per heavy atom. The molecule has 0 amide bonds. The van der Waals surface area contributed by atoms with Gasteiger partial charge < -0.3 is 15.4 Å². The Kier molecular flexibility index (Phi) is 2.38. The highest BCUT2D eigenvalue weighted by Crippen LogP contribution is 2.36. The number of pyridine rings is 1. The number of hydrogen-bond acceptors (Lipinski definition) is 3. The molecule has 1 aliphatic heterocycles. The van der Waals surface area contributed by atoms with Gasteiger partial charge in [-0.2, -0.15) is 0 Å². The number of nitrogens with zero attached hydrogens (tertiary/aromatic N) is 1. The van der Waals surface area contributed by atoms with Crippen molar-refractivity contribution < 1.29 is 9.50 Å². The van der Waals surface area contributed by atoms with Gasteiger partial charge >= 0.3 is 0 Å². The van der Waals surface area contributed by atoms with E-state index in [1.807, 2.05) is 0 Å². The zero-order chi connectivity index (χ0) is 11.9. The fraction of sp³-hybridized carbons (Fsp3) is 0.417. The maximum absolute atomic E-state index is 14.0. The molecule has 1 aliphatic rings. The Hall–Kier alpha value is -1.46. The van der Waals surface area contributed by atoms with E-state index < -0.39 is 11.4 Å². The van der Waals surface area contributed by atoms with Crippen LogP contribution in [0.5, 0.6) is 0 Å². The SMILES string of the molecule is OC1(c2c(F)cnc3[nH]ccc23)CCNCC1. The van der Waals surface area contributed by atoms with Gasteiger partial charge in [-0.25, -0.2) is 9.37 Å². The van der Waals surface area contributed by atoms with Crippen molar-refractivity contribution >= 4 is 11.0 Å². The second-order valence-corrected chi connectivity index (χ2v) is 4.50. The summed E-state index contributed by atoms with van der Waals surface area (Å²) in [7, 11) is 0. The van der Waals surface area contributed by atoms with E-state index in [-0.39, 0.29) is 0 Å². The summed E-state index contributed by atoms with van der Waals surface area (Å²) in [5, 5.41) is 14.5. The van der Waals surface area contributed by atoms with Gasteiger partial charge in [0.15, 0.2) is 0 Å². The Balaban J connectivity index is 2.20. The second kappa shape index (κ2) is 3.78. The van der Waals surface area contributed by atoms with Crippen molar-refractivity contribution in [1.29, 1.82) is 0 Å². The van der Waals surface area contributed by atoms with E-state index in [9.17, 15) is 9.50 Å². The third-order valence-corrected chi connectivity index (χ3v) is 3.44. The van der Waals surface area contributed by atoms with Crippen LogP contribution in [0.25, 0.3) is 11.0 Å². The van der Waals surface area contributed by atoms with Gasteiger partial charge in [0.1, 0.15) is 11.5 Å². The van der Waals surface area contributed by atoms with Crippen LogP contribution < -0.4 is 5.32 Å². The number of aromatic nitrogens is 2. The van der Waals surface area contributed by atoms with Crippen LogP contribution in [-0.4, -0.2) is 28.2 Å². The molecule has 0 spiro atoms. The Bertz CT molecular complexity index is 546. The van der Waals surface area contributed by atoms with Gasteiger partial charge in [-0.05, 0) is 32.0 Å². The minimum atomic E-state index is -1.08. The fourth-order valence-electron chi connectivity index (χ4n) is 2.55. The molecule has 0 atom stereocenters. The maximum atomic E-state index is 14.0. The van der Waals surface area contributed by atoms with Crippen LogP contribution in [0.15, 0.2) is 18.5 Å². The Labute approximate surface area is 97.9 Å². The highest BCUT2D eigenvalue weighted by atomic mass is 19.1. The maximum Gasteiger partial charge on any atom is 0.148 e. The van der Waals surface area contributed by atoms with Crippen molar-refractivity contribution in [3.8, 4) is 0 Å². The number of piperidine rings is 1. The number of H-pyrrole nitrogens is 1. The zero-order valence-corrected chi connectivity index (χ0v) is 9.33. The fourth-order valence-corrected chi connectivity index (χ4v) is 2.55. The van der Waals surface area contributed by atoms with Crippen LogP contribution in [0, 0.1) is 5.82 Å². The van der Waals surface area contributed by atoms with Crippen LogP contribution in [0.2, 0.25) is 0 Å². The molecule has 3 heterocycles. The van der Waals surface area contributed by atoms with Gasteiger partial charge in [0.25, 0.3) is 0 Å². The molecule has 0 aromatic carbocycles. The van der Waals surface area contributed by atoms with Crippen molar-refractivity contribution in [2.45, 2.75) is 18.4 Å². The lowest BCUT2D eigenvalue weighted by Gasteiger charge is -2.33. The molecule has 1 fully saturated rings. The highest BCUT2D eigenvalue weighted by Gasteiger charge is 2.35. The first-order valence-electron chi connectivity index (χ1n) is 5.76. The van der Waals surface area contributed by atoms with E-state index in [1.54, 1.807) is 12.3 Å². The summed E-state index contributed by atoms with van der Waals surface area (Å²) in [4.78, 5) is 6.91. The molecule has 1 saturated heterocycles. The molecule has 0 bridgehead atoms. The van der Waals surface area contributed by atoms with Crippen LogP contribution in [0.1, 0.15) is 18.4 Å². The van der Waals surface area contributed by atoms with Crippen molar-refractivity contribution in [3.05, 3.63) is 29.8 Å². The molecule has 5 heteroatoms. The molecule has 2 aromatic rings. The third-order valence-electron chi connectivity index (χ3n) is 3.44. The summed E-state index contributed by atoms with van der Waals surface area (Å²) in [5.74, 6) is -0.429. The van der Waals surface area contributed by atoms with Crippen molar-refractivity contribution in [1.82, 2.24) is 15.3 Å². The summed E-state index contributed by atoms with van der Waals surface area (Å²) in [6.07, 6.45) is 3.93. The molecule has 3 rings (SSSR count). The van der Waals surface area contributed by atoms with E-state index in [0.717, 1.165) is 0 Å². The number of fused-ring (bicyclic) bond motifs is 1. The number of rotatable bonds is 1. The number of nitrogens with one attached hydrogen (secondary N) is 2. The molecule has 0 unspecified atom stereocenters. The molecule has 2 aromatic heterocycles. The summed E-state index contributed by atoms with van der Waals surface area (Å²) < 4.78 is 14.0. The smallest absolute Gasteiger partial charge is 0.148 e. The number of aliphatic hydroxyl groups is 1. The van der Waals surface area contributed by atoms with E-state index >= 15 is 0 Å². The minimum Gasteiger partial charge on any atom is -0.385 e. The molecule has 0 radical (unpaired) electrons. The van der Waals surface area contributed by atoms with Crippen molar-refractivity contribution in [2.24, 2.45) is 0 Å². The van der Waals surface area contributed by atoms with Gasteiger partial charge in [-0.15, -0.1) is 0 Å². The topological polar surface area (TPSA) is 60.9 Å². The van der Waals surface area contributed by atoms with Gasteiger partial charge in [0.2, 0.25) is 0 Å². The lowest BCUT2D eigenvalue weighted by atomic mass is 9.84. The van der Waals surface area contributed by atoms with Crippen molar-refractivity contribution in [3.63, 3.8) is 0 Å². The zero-order valence-electron chi connectivity index (χ0n) is 9.33. The second-order valence-electron chi connectivity index (χ2n) is 4.50. The Morgan fingerprint density at radius 2 is 2.12 bits per heavy atom. The molecule has 90 valence electrons. The lowest BCUT2D eigenvalue weighted by molar-refractivity contribution is 0.00418. The van der Waals surface area contributed by atoms with Crippen LogP contribution >= 0.6 is 0 Å². The summed E-state index contributed by atoms with van der Waals surface area (Å²) in [6.45, 7) is 1.40. The van der Waals surface area contributed by atoms with Crippen molar-refractivity contribution in [2.75, 3.05) is 13.1 Å². The monoisotopic (exact) mass is 235 g/mol. The average Bonchev–Trinajstić information content (AvgIpc) is 2.77. The largest absolute Gasteiger partial charge is 0.385 e. The van der Waals surface area contributed by atoms with Gasteiger partial charge in [0.05, 0.1) is 11.8 Å². The molecule has 3 N–H and O–H groups in total. The molecule has 0 aliphatic carbocycles. The molecule has 0 saturated carbocycles. The quantitative estimate of drug-likeness (QED) is 0.697. The number of halogens is 1. The van der Waals surface area contributed by atoms with Gasteiger partial charge in [-0.1, -0.05) is 0 Å². The van der Waals surface area contributed by atoms with E-state index in [4.69, 9.17) is 0 Å². The summed E-state index contributed by atoms with van der Waals surface area (Å²) in [6, 6.07) is 1.76. The first-order valence-corrected chi connectivity index (χ1v) is 5.76. The van der Waals surface area contributed by atoms with Crippen LogP contribution in [0.3, 0.4) is 0 Å². The van der Waals surface area contributed by atoms with Gasteiger partial charge in [0, 0.05) is 17.1 Å². The summed E-state index contributed by atoms with van der Waals surface area (Å²) in [5.41, 5.74) is -0.0859. The summed E-state index contributed by atoms with van der Waals surface area (Å²) >= 11 is 0. The third kappa shape index (κ3) is 1.62. The van der Waals surface area contributed by atoms with Gasteiger partial charge in [-0.3, -0.25) is 0 Å². The Morgan fingerprint density at radius 1 is 1.35 bits per heavy atom. The van der Waals surface area contributed by atoms with E-state index in [1.165, 1.54) is 6.20 Å². The first-order chi connectivity index (χ1) is 8.21. The molecule has 17 heavy (non-hydrogen) atoms. The van der Waals surface area contributed by atoms with E-state index in [0.29, 0.717) is 42.5 Å². The predicted octanol–water partition coefficient (Wildman–Crippen LogP) is 1.27. The minimum absolute atomic E-state index is 0.380. The van der Waals surface area contributed by atoms with Crippen LogP contribution in [-0.2, 0) is 5.60 Å². The molecule has 4 nitrogen and oxygen atoms in total. The number of hydrogen-bond donors (Lipinski definition) is 3. The lowest BCUT2D eigenvalue weighted by Crippen LogP contribution is -2.40. The standard InChI is InChI=1S/C12H14FN3O/c13-9-7-16-11-8(1-4-15-11)10(9)12(17)2-5-14-6-3-12/h1,4,7,14,17H,2-3,5-6H2,(H,15,16). The highest BCUT2D eigenvalue weighted by molar-refractivity contribution is 5.80. The van der Waals surface area contributed by atoms with E-state index in [2.05, 4.69) is 15.3 Å². The first kappa shape index (κ1) is 10.7.